The van der Waals surface area contributed by atoms with E-state index in [9.17, 15) is 13.2 Å². The van der Waals surface area contributed by atoms with Crippen molar-refractivity contribution >= 4 is 27.0 Å². The molecule has 3 atom stereocenters. The maximum atomic E-state index is 12.6. The molecule has 0 aromatic carbocycles. The van der Waals surface area contributed by atoms with Crippen LogP contribution in [0.2, 0.25) is 0 Å². The fourth-order valence-corrected chi connectivity index (χ4v) is 5.74. The Labute approximate surface area is 164 Å². The fraction of sp³-hybridized carbons (Fsp3) is 0.632. The van der Waals surface area contributed by atoms with Gasteiger partial charge < -0.3 is 5.32 Å². The summed E-state index contributed by atoms with van der Waals surface area (Å²) in [6.07, 6.45) is 7.89. The van der Waals surface area contributed by atoms with Crippen molar-refractivity contribution in [1.82, 2.24) is 18.8 Å². The molecule has 28 heavy (non-hydrogen) atoms. The van der Waals surface area contributed by atoms with Gasteiger partial charge in [0, 0.05) is 42.8 Å². The molecule has 5 rings (SSSR count). The minimum absolute atomic E-state index is 0.00455. The molecule has 3 aliphatic rings. The van der Waals surface area contributed by atoms with Crippen LogP contribution in [-0.4, -0.2) is 52.6 Å². The van der Waals surface area contributed by atoms with Gasteiger partial charge in [-0.3, -0.25) is 9.36 Å². The standard InChI is InChI=1S/C19H25N5O3S/c1-28(26,27)23-6-4-15(5-7-23)21-19-20-11-12-2-3-17(25)24(18(12)22-19)16-9-13-8-14(13)10-16/h2-3,11,13-16H,4-10H2,1H3,(H,20,21,22)/t13-,14+,16?. The van der Waals surface area contributed by atoms with E-state index in [1.54, 1.807) is 18.3 Å². The molecule has 0 bridgehead atoms. The first-order valence-electron chi connectivity index (χ1n) is 9.98. The number of rotatable bonds is 4. The molecule has 2 aromatic rings. The average Bonchev–Trinajstić information content (AvgIpc) is 3.27. The summed E-state index contributed by atoms with van der Waals surface area (Å²) in [5.74, 6) is 2.08. The van der Waals surface area contributed by atoms with E-state index in [4.69, 9.17) is 4.98 Å². The smallest absolute Gasteiger partial charge is 0.252 e. The highest BCUT2D eigenvalue weighted by Crippen LogP contribution is 2.55. The Balaban J connectivity index is 1.38. The zero-order chi connectivity index (χ0) is 19.5. The topological polar surface area (TPSA) is 97.2 Å². The Morgan fingerprint density at radius 2 is 1.82 bits per heavy atom. The Morgan fingerprint density at radius 3 is 2.50 bits per heavy atom. The number of nitrogens with zero attached hydrogens (tertiary/aromatic N) is 4. The van der Waals surface area contributed by atoms with Crippen LogP contribution in [0.3, 0.4) is 0 Å². The van der Waals surface area contributed by atoms with Crippen molar-refractivity contribution in [2.45, 2.75) is 44.2 Å². The lowest BCUT2D eigenvalue weighted by Crippen LogP contribution is -2.42. The lowest BCUT2D eigenvalue weighted by molar-refractivity contribution is 0.331. The number of aromatic nitrogens is 3. The molecular weight excluding hydrogens is 378 g/mol. The van der Waals surface area contributed by atoms with Crippen LogP contribution in [0.5, 0.6) is 0 Å². The molecule has 2 saturated carbocycles. The Hall–Kier alpha value is -2.00. The Bertz CT molecular complexity index is 1060. The molecule has 3 fully saturated rings. The fourth-order valence-electron chi connectivity index (χ4n) is 4.87. The maximum absolute atomic E-state index is 12.6. The van der Waals surface area contributed by atoms with E-state index in [0.717, 1.165) is 30.1 Å². The van der Waals surface area contributed by atoms with Crippen LogP contribution in [0, 0.1) is 11.8 Å². The highest BCUT2D eigenvalue weighted by molar-refractivity contribution is 7.88. The molecule has 1 unspecified atom stereocenters. The number of hydrogen-bond donors (Lipinski definition) is 1. The number of hydrogen-bond acceptors (Lipinski definition) is 6. The van der Waals surface area contributed by atoms with Gasteiger partial charge in [0.2, 0.25) is 16.0 Å². The van der Waals surface area contributed by atoms with Gasteiger partial charge in [-0.15, -0.1) is 0 Å². The molecule has 150 valence electrons. The van der Waals surface area contributed by atoms with E-state index in [1.165, 1.54) is 17.0 Å². The number of piperidine rings is 1. The number of nitrogens with one attached hydrogen (secondary N) is 1. The average molecular weight is 404 g/mol. The van der Waals surface area contributed by atoms with Gasteiger partial charge in [-0.1, -0.05) is 0 Å². The molecule has 2 aliphatic carbocycles. The van der Waals surface area contributed by atoms with Crippen molar-refractivity contribution in [3.8, 4) is 0 Å². The van der Waals surface area contributed by atoms with Crippen LogP contribution in [0.15, 0.2) is 23.1 Å². The second-order valence-corrected chi connectivity index (χ2v) is 10.5. The predicted molar refractivity (Wildman–Crippen MR) is 107 cm³/mol. The summed E-state index contributed by atoms with van der Waals surface area (Å²) < 4.78 is 26.7. The quantitative estimate of drug-likeness (QED) is 0.833. The minimum Gasteiger partial charge on any atom is -0.351 e. The van der Waals surface area contributed by atoms with Crippen LogP contribution < -0.4 is 10.9 Å². The Morgan fingerprint density at radius 1 is 1.11 bits per heavy atom. The molecule has 0 spiro atoms. The minimum atomic E-state index is -3.14. The van der Waals surface area contributed by atoms with Gasteiger partial charge >= 0.3 is 0 Å². The monoisotopic (exact) mass is 403 g/mol. The lowest BCUT2D eigenvalue weighted by Gasteiger charge is -2.30. The molecule has 1 aliphatic heterocycles. The van der Waals surface area contributed by atoms with Gasteiger partial charge in [-0.05, 0) is 50.0 Å². The third-order valence-electron chi connectivity index (χ3n) is 6.51. The van der Waals surface area contributed by atoms with Gasteiger partial charge in [-0.2, -0.15) is 4.98 Å². The molecule has 1 saturated heterocycles. The van der Waals surface area contributed by atoms with E-state index >= 15 is 0 Å². The van der Waals surface area contributed by atoms with Gasteiger partial charge in [-0.25, -0.2) is 17.7 Å². The van der Waals surface area contributed by atoms with Crippen LogP contribution in [0.1, 0.15) is 38.1 Å². The van der Waals surface area contributed by atoms with E-state index in [-0.39, 0.29) is 17.6 Å². The molecule has 3 heterocycles. The molecule has 2 aromatic heterocycles. The number of pyridine rings is 1. The molecular formula is C19H25N5O3S. The van der Waals surface area contributed by atoms with Crippen LogP contribution in [0.4, 0.5) is 5.95 Å². The molecule has 8 nitrogen and oxygen atoms in total. The maximum Gasteiger partial charge on any atom is 0.252 e. The summed E-state index contributed by atoms with van der Waals surface area (Å²) in [4.78, 5) is 21.7. The molecule has 0 amide bonds. The van der Waals surface area contributed by atoms with Gasteiger partial charge in [0.15, 0.2) is 0 Å². The lowest BCUT2D eigenvalue weighted by atomic mass is 10.1. The Kier molecular flexibility index (Phi) is 4.20. The summed E-state index contributed by atoms with van der Waals surface area (Å²) in [6.45, 7) is 0.999. The largest absolute Gasteiger partial charge is 0.351 e. The number of sulfonamides is 1. The second kappa shape index (κ2) is 6.52. The van der Waals surface area contributed by atoms with Crippen LogP contribution in [0.25, 0.3) is 11.0 Å². The van der Waals surface area contributed by atoms with Crippen molar-refractivity contribution in [2.24, 2.45) is 11.8 Å². The van der Waals surface area contributed by atoms with E-state index in [0.29, 0.717) is 37.5 Å². The summed E-state index contributed by atoms with van der Waals surface area (Å²) >= 11 is 0. The first-order chi connectivity index (χ1) is 13.4. The van der Waals surface area contributed by atoms with E-state index < -0.39 is 10.0 Å². The van der Waals surface area contributed by atoms with Crippen molar-refractivity contribution in [2.75, 3.05) is 24.7 Å². The predicted octanol–water partition coefficient (Wildman–Crippen LogP) is 1.60. The normalized spacial score (nSPS) is 28.4. The van der Waals surface area contributed by atoms with Crippen LogP contribution >= 0.6 is 0 Å². The summed E-state index contributed by atoms with van der Waals surface area (Å²) in [5.41, 5.74) is 0.704. The second-order valence-electron chi connectivity index (χ2n) is 8.48. The van der Waals surface area contributed by atoms with E-state index in [1.807, 2.05) is 4.57 Å². The highest BCUT2D eigenvalue weighted by Gasteiger charge is 2.46. The first-order valence-corrected chi connectivity index (χ1v) is 11.8. The van der Waals surface area contributed by atoms with Crippen LogP contribution in [-0.2, 0) is 10.0 Å². The number of anilines is 1. The van der Waals surface area contributed by atoms with E-state index in [2.05, 4.69) is 10.3 Å². The summed E-state index contributed by atoms with van der Waals surface area (Å²) in [5, 5.41) is 4.21. The SMILES string of the molecule is CS(=O)(=O)N1CCC(Nc2ncc3ccc(=O)n(C4C[C@@H]5C[C@@H]5C4)c3n2)CC1. The molecule has 0 radical (unpaired) electrons. The number of fused-ring (bicyclic) bond motifs is 2. The zero-order valence-corrected chi connectivity index (χ0v) is 16.7. The highest BCUT2D eigenvalue weighted by atomic mass is 32.2. The first kappa shape index (κ1) is 18.1. The van der Waals surface area contributed by atoms with Gasteiger partial charge in [0.05, 0.1) is 6.26 Å². The van der Waals surface area contributed by atoms with Gasteiger partial charge in [0.1, 0.15) is 5.65 Å². The third kappa shape index (κ3) is 3.30. The molecule has 9 heteroatoms. The van der Waals surface area contributed by atoms with Gasteiger partial charge in [0.25, 0.3) is 5.56 Å². The zero-order valence-electron chi connectivity index (χ0n) is 15.9. The molecule has 1 N–H and O–H groups in total. The van der Waals surface area contributed by atoms with Crippen molar-refractivity contribution in [3.63, 3.8) is 0 Å². The third-order valence-corrected chi connectivity index (χ3v) is 7.81. The summed E-state index contributed by atoms with van der Waals surface area (Å²) in [6, 6.07) is 3.76. The van der Waals surface area contributed by atoms with Crippen molar-refractivity contribution in [1.29, 1.82) is 0 Å². The summed E-state index contributed by atoms with van der Waals surface area (Å²) in [7, 11) is -3.14. The van der Waals surface area contributed by atoms with Crippen molar-refractivity contribution < 1.29 is 8.42 Å². The van der Waals surface area contributed by atoms with Crippen molar-refractivity contribution in [3.05, 3.63) is 28.7 Å².